The van der Waals surface area contributed by atoms with E-state index < -0.39 is 11.6 Å². The summed E-state index contributed by atoms with van der Waals surface area (Å²) in [6.07, 6.45) is 5.09. The summed E-state index contributed by atoms with van der Waals surface area (Å²) in [6.45, 7) is 2.17. The van der Waals surface area contributed by atoms with Gasteiger partial charge in [0.2, 0.25) is 0 Å². The van der Waals surface area contributed by atoms with Crippen LogP contribution in [0.5, 0.6) is 0 Å². The van der Waals surface area contributed by atoms with Crippen molar-refractivity contribution in [1.82, 2.24) is 10.3 Å². The Morgan fingerprint density at radius 2 is 1.74 bits per heavy atom. The summed E-state index contributed by atoms with van der Waals surface area (Å²) >= 11 is 6.38. The lowest BCUT2D eigenvalue weighted by atomic mass is 9.88. The van der Waals surface area contributed by atoms with Crippen LogP contribution in [0.25, 0.3) is 11.1 Å². The van der Waals surface area contributed by atoms with Gasteiger partial charge in [-0.2, -0.15) is 0 Å². The third-order valence-electron chi connectivity index (χ3n) is 9.53. The number of carbonyl (C=O) groups excluding carboxylic acids is 1. The number of ketones is 1. The Balaban J connectivity index is 1.20. The summed E-state index contributed by atoms with van der Waals surface area (Å²) in [5.41, 5.74) is 5.52. The van der Waals surface area contributed by atoms with Crippen molar-refractivity contribution in [3.63, 3.8) is 0 Å². The average Bonchev–Trinajstić information content (AvgIpc) is 3.53. The van der Waals surface area contributed by atoms with E-state index in [4.69, 9.17) is 11.6 Å². The van der Waals surface area contributed by atoms with E-state index in [1.54, 1.807) is 18.3 Å². The van der Waals surface area contributed by atoms with Gasteiger partial charge in [-0.05, 0) is 110 Å². The van der Waals surface area contributed by atoms with Crippen molar-refractivity contribution in [1.29, 1.82) is 0 Å². The third-order valence-corrected chi connectivity index (χ3v) is 9.77. The lowest BCUT2D eigenvalue weighted by molar-refractivity contribution is 0.0883. The van der Waals surface area contributed by atoms with Gasteiger partial charge in [0.15, 0.2) is 5.78 Å². The monoisotopic (exact) mass is 596 g/mol. The number of pyridine rings is 1. The number of hydrogen-bond acceptors (Lipinski definition) is 5. The lowest BCUT2D eigenvalue weighted by Gasteiger charge is -2.21. The van der Waals surface area contributed by atoms with Gasteiger partial charge < -0.3 is 10.6 Å². The predicted molar refractivity (Wildman–Crippen MR) is 166 cm³/mol. The summed E-state index contributed by atoms with van der Waals surface area (Å²) in [5.74, 6) is 0.510. The van der Waals surface area contributed by atoms with E-state index in [0.717, 1.165) is 52.8 Å². The molecule has 43 heavy (non-hydrogen) atoms. The van der Waals surface area contributed by atoms with Crippen molar-refractivity contribution in [2.75, 3.05) is 12.4 Å². The topological polar surface area (TPSA) is 66.4 Å². The maximum Gasteiger partial charge on any atom is 0.166 e. The van der Waals surface area contributed by atoms with Gasteiger partial charge >= 0.3 is 0 Å². The summed E-state index contributed by atoms with van der Waals surface area (Å²) in [4.78, 5) is 22.8. The second-order valence-corrected chi connectivity index (χ2v) is 12.2. The Morgan fingerprint density at radius 3 is 2.47 bits per heavy atom. The van der Waals surface area contributed by atoms with Gasteiger partial charge in [-0.25, -0.2) is 13.8 Å². The number of Topliss-reactive ketones (excluding diaryl/α,β-unsaturated/α-hetero) is 1. The Kier molecular flexibility index (Phi) is 7.10. The Labute approximate surface area is 254 Å². The zero-order chi connectivity index (χ0) is 29.8. The molecule has 1 aliphatic heterocycles. The molecule has 7 rings (SSSR count). The molecule has 2 N–H and O–H groups in total. The van der Waals surface area contributed by atoms with Crippen molar-refractivity contribution in [2.24, 2.45) is 22.7 Å². The molecule has 218 valence electrons. The van der Waals surface area contributed by atoms with Crippen LogP contribution in [0.2, 0.25) is 5.02 Å². The molecule has 8 heteroatoms. The molecular formula is C35H31ClF2N4O. The fourth-order valence-corrected chi connectivity index (χ4v) is 7.69. The van der Waals surface area contributed by atoms with E-state index >= 15 is 0 Å². The molecule has 4 unspecified atom stereocenters. The summed E-state index contributed by atoms with van der Waals surface area (Å²) in [6, 6.07) is 17.2. The van der Waals surface area contributed by atoms with Crippen LogP contribution in [-0.4, -0.2) is 29.6 Å². The summed E-state index contributed by atoms with van der Waals surface area (Å²) in [7, 11) is 1.99. The minimum atomic E-state index is -0.683. The quantitative estimate of drug-likeness (QED) is 0.222. The van der Waals surface area contributed by atoms with Crippen LogP contribution in [0, 0.1) is 36.3 Å². The summed E-state index contributed by atoms with van der Waals surface area (Å²) in [5, 5.41) is 7.26. The van der Waals surface area contributed by atoms with Gasteiger partial charge in [0.05, 0.1) is 17.8 Å². The second-order valence-electron chi connectivity index (χ2n) is 11.8. The van der Waals surface area contributed by atoms with Gasteiger partial charge in [0, 0.05) is 45.6 Å². The van der Waals surface area contributed by atoms with Crippen molar-refractivity contribution < 1.29 is 13.6 Å². The number of benzene rings is 3. The molecule has 0 spiro atoms. The molecule has 2 bridgehead atoms. The first kappa shape index (κ1) is 27.9. The molecule has 1 aromatic heterocycles. The molecule has 5 nitrogen and oxygen atoms in total. The van der Waals surface area contributed by atoms with Crippen molar-refractivity contribution in [2.45, 2.75) is 38.8 Å². The van der Waals surface area contributed by atoms with Gasteiger partial charge in [-0.15, -0.1) is 0 Å². The molecular weight excluding hydrogens is 566 g/mol. The third kappa shape index (κ3) is 4.75. The number of carbonyl (C=O) groups is 1. The smallest absolute Gasteiger partial charge is 0.166 e. The number of halogens is 3. The molecule has 2 saturated carbocycles. The van der Waals surface area contributed by atoms with Gasteiger partial charge in [-0.1, -0.05) is 23.7 Å². The fraction of sp³-hybridized carbons (Fsp3) is 0.286. The van der Waals surface area contributed by atoms with Crippen molar-refractivity contribution in [3.05, 3.63) is 111 Å². The van der Waals surface area contributed by atoms with E-state index in [9.17, 15) is 13.6 Å². The standard InChI is InChI=1S/C35H31ClF2N4O/c1-18-30-21(16-40-33(26-15-22(36)9-13-24(26)30)32-27(37)4-3-5-28(32)38)17-41-35(18)42-23-10-6-19(7-11-23)34(43)31-20-8-12-25(31)29(14-20)39-2/h3-7,9-11,13,15,17,20,25,29,31,39H,8,12,14,16H2,1-2H3,(H,41,42). The minimum Gasteiger partial charge on any atom is -0.340 e. The molecule has 4 atom stereocenters. The first-order valence-electron chi connectivity index (χ1n) is 14.7. The Bertz CT molecular complexity index is 1770. The van der Waals surface area contributed by atoms with E-state index in [0.29, 0.717) is 34.3 Å². The van der Waals surface area contributed by atoms with Crippen LogP contribution in [0.15, 0.2) is 71.9 Å². The number of nitrogens with one attached hydrogen (secondary N) is 2. The highest BCUT2D eigenvalue weighted by molar-refractivity contribution is 6.31. The van der Waals surface area contributed by atoms with Crippen LogP contribution in [-0.2, 0) is 6.54 Å². The highest BCUT2D eigenvalue weighted by Crippen LogP contribution is 2.50. The highest BCUT2D eigenvalue weighted by Gasteiger charge is 2.50. The van der Waals surface area contributed by atoms with E-state index in [2.05, 4.69) is 20.6 Å². The van der Waals surface area contributed by atoms with Gasteiger partial charge in [-0.3, -0.25) is 9.79 Å². The van der Waals surface area contributed by atoms with Crippen molar-refractivity contribution >= 4 is 34.6 Å². The average molecular weight is 597 g/mol. The Morgan fingerprint density at radius 1 is 0.977 bits per heavy atom. The molecule has 4 aromatic rings. The maximum absolute atomic E-state index is 14.9. The molecule has 2 aliphatic carbocycles. The Hall–Kier alpha value is -3.94. The summed E-state index contributed by atoms with van der Waals surface area (Å²) < 4.78 is 29.8. The number of nitrogens with zero attached hydrogens (tertiary/aromatic N) is 2. The van der Waals surface area contributed by atoms with Crippen molar-refractivity contribution in [3.8, 4) is 11.1 Å². The normalized spacial score (nSPS) is 22.0. The van der Waals surface area contributed by atoms with Crippen LogP contribution >= 0.6 is 11.6 Å². The zero-order valence-corrected chi connectivity index (χ0v) is 24.7. The minimum absolute atomic E-state index is 0.100. The molecule has 3 aromatic carbocycles. The number of rotatable bonds is 6. The van der Waals surface area contributed by atoms with Crippen LogP contribution in [0.3, 0.4) is 0 Å². The molecule has 0 radical (unpaired) electrons. The first-order chi connectivity index (χ1) is 20.8. The van der Waals surface area contributed by atoms with Gasteiger partial charge in [0.1, 0.15) is 17.5 Å². The lowest BCUT2D eigenvalue weighted by Crippen LogP contribution is -2.32. The molecule has 2 heterocycles. The number of fused-ring (bicyclic) bond motifs is 5. The van der Waals surface area contributed by atoms with Crippen LogP contribution in [0.1, 0.15) is 51.9 Å². The van der Waals surface area contributed by atoms with E-state index in [1.165, 1.54) is 18.2 Å². The van der Waals surface area contributed by atoms with E-state index in [-0.39, 0.29) is 29.5 Å². The van der Waals surface area contributed by atoms with E-state index in [1.807, 2.05) is 44.3 Å². The number of aliphatic imine (C=N–C) groups is 1. The molecule has 3 aliphatic rings. The van der Waals surface area contributed by atoms with Gasteiger partial charge in [0.25, 0.3) is 0 Å². The zero-order valence-electron chi connectivity index (χ0n) is 23.9. The SMILES string of the molecule is CNC1CC2CCC1C2C(=O)c1ccc(Nc2ncc3c(c2C)-c2ccc(Cl)cc2C(c2c(F)cccc2F)=NC3)cc1. The number of anilines is 2. The highest BCUT2D eigenvalue weighted by atomic mass is 35.5. The van der Waals surface area contributed by atoms with Crippen LogP contribution in [0.4, 0.5) is 20.3 Å². The molecule has 0 amide bonds. The predicted octanol–water partition coefficient (Wildman–Crippen LogP) is 7.90. The number of aromatic nitrogens is 1. The van der Waals surface area contributed by atoms with Crippen LogP contribution < -0.4 is 10.6 Å². The molecule has 0 saturated heterocycles. The number of hydrogen-bond donors (Lipinski definition) is 2. The second kappa shape index (κ2) is 11.0. The fourth-order valence-electron chi connectivity index (χ4n) is 7.52. The maximum atomic E-state index is 14.9. The largest absolute Gasteiger partial charge is 0.340 e. The first-order valence-corrected chi connectivity index (χ1v) is 15.1. The molecule has 2 fully saturated rings.